The lowest BCUT2D eigenvalue weighted by molar-refractivity contribution is 0.538. The number of nitrogens with two attached hydrogens (primary N) is 1. The summed E-state index contributed by atoms with van der Waals surface area (Å²) < 4.78 is 0. The number of hydrogen-bond acceptors (Lipinski definition) is 1. The van der Waals surface area contributed by atoms with E-state index in [9.17, 15) is 0 Å². The van der Waals surface area contributed by atoms with Crippen LogP contribution >= 0.6 is 24.0 Å². The molecule has 1 aromatic carbocycles. The Labute approximate surface area is 139 Å². The molecule has 20 heavy (non-hydrogen) atoms. The fourth-order valence-electron chi connectivity index (χ4n) is 2.05. The van der Waals surface area contributed by atoms with Crippen molar-refractivity contribution in [1.82, 2.24) is 5.32 Å². The Morgan fingerprint density at radius 1 is 1.30 bits per heavy atom. The predicted molar refractivity (Wildman–Crippen MR) is 96.9 cm³/mol. The van der Waals surface area contributed by atoms with Gasteiger partial charge < -0.3 is 11.1 Å². The molecule has 0 amide bonds. The van der Waals surface area contributed by atoms with E-state index in [1.165, 1.54) is 24.0 Å². The van der Waals surface area contributed by atoms with Gasteiger partial charge in [0.15, 0.2) is 5.96 Å². The third-order valence-corrected chi connectivity index (χ3v) is 3.72. The van der Waals surface area contributed by atoms with Crippen LogP contribution in [-0.2, 0) is 11.8 Å². The van der Waals surface area contributed by atoms with Gasteiger partial charge in [0.1, 0.15) is 0 Å². The number of nitrogens with one attached hydrogen (secondary N) is 1. The SMILES string of the molecule is CCc1ccc(C(C)(C)CN=C(N)NC2CC2)cc1.I. The van der Waals surface area contributed by atoms with Crippen LogP contribution < -0.4 is 11.1 Å². The van der Waals surface area contributed by atoms with E-state index in [0.717, 1.165) is 6.42 Å². The van der Waals surface area contributed by atoms with E-state index in [0.29, 0.717) is 18.5 Å². The molecule has 4 heteroatoms. The Kier molecular flexibility index (Phi) is 6.30. The standard InChI is InChI=1S/C16H25N3.HI/c1-4-12-5-7-13(8-6-12)16(2,3)11-18-15(17)19-14-9-10-14;/h5-8,14H,4,9-11H2,1-3H3,(H3,17,18,19);1H. The van der Waals surface area contributed by atoms with E-state index < -0.39 is 0 Å². The van der Waals surface area contributed by atoms with Crippen molar-refractivity contribution in [2.75, 3.05) is 6.54 Å². The van der Waals surface area contributed by atoms with Crippen LogP contribution in [0.25, 0.3) is 0 Å². The first-order valence-electron chi connectivity index (χ1n) is 7.17. The zero-order valence-corrected chi connectivity index (χ0v) is 15.0. The molecule has 1 aliphatic rings. The van der Waals surface area contributed by atoms with E-state index in [-0.39, 0.29) is 29.4 Å². The van der Waals surface area contributed by atoms with Gasteiger partial charge in [-0.25, -0.2) is 0 Å². The first-order chi connectivity index (χ1) is 9.01. The van der Waals surface area contributed by atoms with Crippen LogP contribution in [0.3, 0.4) is 0 Å². The molecule has 0 spiro atoms. The second-order valence-electron chi connectivity index (χ2n) is 6.05. The maximum atomic E-state index is 5.88. The van der Waals surface area contributed by atoms with E-state index in [2.05, 4.69) is 55.3 Å². The Hall–Kier alpha value is -0.780. The summed E-state index contributed by atoms with van der Waals surface area (Å²) >= 11 is 0. The molecule has 0 radical (unpaired) electrons. The third kappa shape index (κ3) is 4.96. The summed E-state index contributed by atoms with van der Waals surface area (Å²) in [5.74, 6) is 0.584. The van der Waals surface area contributed by atoms with Crippen LogP contribution in [0.5, 0.6) is 0 Å². The smallest absolute Gasteiger partial charge is 0.188 e. The molecule has 1 aromatic rings. The van der Waals surface area contributed by atoms with Gasteiger partial charge >= 0.3 is 0 Å². The molecule has 0 aliphatic heterocycles. The minimum Gasteiger partial charge on any atom is -0.370 e. The molecule has 3 nitrogen and oxygen atoms in total. The molecule has 0 unspecified atom stereocenters. The number of rotatable bonds is 5. The van der Waals surface area contributed by atoms with E-state index in [1.807, 2.05) is 0 Å². The average Bonchev–Trinajstić information content (AvgIpc) is 3.20. The van der Waals surface area contributed by atoms with Crippen molar-refractivity contribution in [2.45, 2.75) is 51.5 Å². The second kappa shape index (κ2) is 7.29. The molecule has 0 heterocycles. The lowest BCUT2D eigenvalue weighted by Crippen LogP contribution is -2.35. The van der Waals surface area contributed by atoms with Gasteiger partial charge in [-0.3, -0.25) is 4.99 Å². The second-order valence-corrected chi connectivity index (χ2v) is 6.05. The Bertz CT molecular complexity index is 447. The number of halogens is 1. The minimum absolute atomic E-state index is 0. The highest BCUT2D eigenvalue weighted by Gasteiger charge is 2.23. The monoisotopic (exact) mass is 387 g/mol. The van der Waals surface area contributed by atoms with Gasteiger partial charge in [0, 0.05) is 11.5 Å². The molecular formula is C16H26IN3. The number of benzene rings is 1. The van der Waals surface area contributed by atoms with Crippen LogP contribution in [0.15, 0.2) is 29.3 Å². The first-order valence-corrected chi connectivity index (χ1v) is 7.17. The molecule has 2 rings (SSSR count). The molecule has 1 fully saturated rings. The van der Waals surface area contributed by atoms with E-state index >= 15 is 0 Å². The Morgan fingerprint density at radius 2 is 1.90 bits per heavy atom. The number of guanidine groups is 1. The van der Waals surface area contributed by atoms with Gasteiger partial charge in [-0.05, 0) is 30.4 Å². The van der Waals surface area contributed by atoms with Crippen molar-refractivity contribution in [3.05, 3.63) is 35.4 Å². The van der Waals surface area contributed by atoms with Crippen LogP contribution in [-0.4, -0.2) is 18.5 Å². The zero-order valence-electron chi connectivity index (χ0n) is 12.6. The Balaban J connectivity index is 0.00000200. The largest absolute Gasteiger partial charge is 0.370 e. The summed E-state index contributed by atoms with van der Waals surface area (Å²) in [6.07, 6.45) is 3.52. The van der Waals surface area contributed by atoms with Crippen molar-refractivity contribution in [3.63, 3.8) is 0 Å². The van der Waals surface area contributed by atoms with Crippen molar-refractivity contribution >= 4 is 29.9 Å². The van der Waals surface area contributed by atoms with Crippen molar-refractivity contribution in [2.24, 2.45) is 10.7 Å². The van der Waals surface area contributed by atoms with Crippen LogP contribution in [0.2, 0.25) is 0 Å². The molecule has 0 saturated heterocycles. The molecule has 0 bridgehead atoms. The van der Waals surface area contributed by atoms with Gasteiger partial charge in [-0.2, -0.15) is 0 Å². The fraction of sp³-hybridized carbons (Fsp3) is 0.562. The lowest BCUT2D eigenvalue weighted by Gasteiger charge is -2.23. The van der Waals surface area contributed by atoms with Gasteiger partial charge in [-0.1, -0.05) is 45.0 Å². The van der Waals surface area contributed by atoms with Crippen LogP contribution in [0, 0.1) is 0 Å². The maximum Gasteiger partial charge on any atom is 0.188 e. The van der Waals surface area contributed by atoms with Crippen LogP contribution in [0.4, 0.5) is 0 Å². The predicted octanol–water partition coefficient (Wildman–Crippen LogP) is 3.21. The van der Waals surface area contributed by atoms with Crippen LogP contribution in [0.1, 0.15) is 44.7 Å². The highest BCUT2D eigenvalue weighted by atomic mass is 127. The fourth-order valence-corrected chi connectivity index (χ4v) is 2.05. The normalized spacial score (nSPS) is 15.7. The number of nitrogens with zero attached hydrogens (tertiary/aromatic N) is 1. The number of aryl methyl sites for hydroxylation is 1. The number of aliphatic imine (C=N–C) groups is 1. The van der Waals surface area contributed by atoms with E-state index in [4.69, 9.17) is 5.73 Å². The third-order valence-electron chi connectivity index (χ3n) is 3.72. The molecule has 3 N–H and O–H groups in total. The van der Waals surface area contributed by atoms with Crippen molar-refractivity contribution in [1.29, 1.82) is 0 Å². The molecule has 0 atom stereocenters. The summed E-state index contributed by atoms with van der Waals surface area (Å²) in [6, 6.07) is 9.38. The number of hydrogen-bond donors (Lipinski definition) is 2. The Morgan fingerprint density at radius 3 is 2.40 bits per heavy atom. The molecule has 0 aromatic heterocycles. The molecular weight excluding hydrogens is 361 g/mol. The van der Waals surface area contributed by atoms with Crippen molar-refractivity contribution < 1.29 is 0 Å². The summed E-state index contributed by atoms with van der Waals surface area (Å²) in [5, 5.41) is 3.22. The quantitative estimate of drug-likeness (QED) is 0.463. The first kappa shape index (κ1) is 17.3. The molecule has 112 valence electrons. The summed E-state index contributed by atoms with van der Waals surface area (Å²) in [7, 11) is 0. The minimum atomic E-state index is 0. The van der Waals surface area contributed by atoms with Gasteiger partial charge in [0.05, 0.1) is 6.54 Å². The van der Waals surface area contributed by atoms with Gasteiger partial charge in [0.2, 0.25) is 0 Å². The summed E-state index contributed by atoms with van der Waals surface area (Å²) in [5.41, 5.74) is 8.59. The lowest BCUT2D eigenvalue weighted by atomic mass is 9.84. The highest BCUT2D eigenvalue weighted by Crippen LogP contribution is 2.24. The van der Waals surface area contributed by atoms with Crippen molar-refractivity contribution in [3.8, 4) is 0 Å². The summed E-state index contributed by atoms with van der Waals surface area (Å²) in [4.78, 5) is 4.48. The highest BCUT2D eigenvalue weighted by molar-refractivity contribution is 14.0. The maximum absolute atomic E-state index is 5.88. The molecule has 1 aliphatic carbocycles. The molecule has 1 saturated carbocycles. The summed E-state index contributed by atoms with van der Waals surface area (Å²) in [6.45, 7) is 7.31. The van der Waals surface area contributed by atoms with Gasteiger partial charge in [0.25, 0.3) is 0 Å². The van der Waals surface area contributed by atoms with Gasteiger partial charge in [-0.15, -0.1) is 24.0 Å². The zero-order chi connectivity index (χ0) is 13.9. The topological polar surface area (TPSA) is 50.4 Å². The average molecular weight is 387 g/mol. The van der Waals surface area contributed by atoms with E-state index in [1.54, 1.807) is 0 Å².